The average Bonchev–Trinajstić information content (AvgIpc) is 3.10. The Morgan fingerprint density at radius 3 is 2.77 bits per heavy atom. The summed E-state index contributed by atoms with van der Waals surface area (Å²) in [6, 6.07) is 16.9. The normalized spacial score (nSPS) is 15.0. The van der Waals surface area contributed by atoms with Gasteiger partial charge in [-0.3, -0.25) is 4.79 Å². The van der Waals surface area contributed by atoms with E-state index in [0.29, 0.717) is 18.1 Å². The van der Waals surface area contributed by atoms with Gasteiger partial charge in [0, 0.05) is 30.1 Å². The highest BCUT2D eigenvalue weighted by Crippen LogP contribution is 2.27. The van der Waals surface area contributed by atoms with Gasteiger partial charge in [-0.1, -0.05) is 24.3 Å². The molecule has 0 unspecified atom stereocenters. The molecule has 0 saturated heterocycles. The van der Waals surface area contributed by atoms with E-state index in [-0.39, 0.29) is 12.0 Å². The van der Waals surface area contributed by atoms with Crippen molar-refractivity contribution in [1.29, 1.82) is 0 Å². The zero-order valence-electron chi connectivity index (χ0n) is 14.1. The van der Waals surface area contributed by atoms with E-state index in [1.165, 1.54) is 5.56 Å². The molecule has 4 rings (SSSR count). The number of carbonyl (C=O) groups is 1. The summed E-state index contributed by atoms with van der Waals surface area (Å²) < 4.78 is 5.85. The van der Waals surface area contributed by atoms with Gasteiger partial charge in [0.15, 0.2) is 0 Å². The number of carbonyl (C=O) groups excluding carboxylic acids is 1. The Kier molecular flexibility index (Phi) is 4.47. The van der Waals surface area contributed by atoms with Crippen LogP contribution in [0.4, 0.5) is 11.6 Å². The van der Waals surface area contributed by atoms with E-state index in [4.69, 9.17) is 4.74 Å². The first kappa shape index (κ1) is 16.1. The molecular weight excluding hydrogens is 328 g/mol. The summed E-state index contributed by atoms with van der Waals surface area (Å²) in [5, 5.41) is 6.03. The summed E-state index contributed by atoms with van der Waals surface area (Å²) in [6.45, 7) is 0.465. The third-order valence-electron chi connectivity index (χ3n) is 4.15. The van der Waals surface area contributed by atoms with Crippen LogP contribution in [0.15, 0.2) is 67.0 Å². The van der Waals surface area contributed by atoms with Crippen molar-refractivity contribution < 1.29 is 9.53 Å². The average molecular weight is 346 g/mol. The number of anilines is 2. The summed E-state index contributed by atoms with van der Waals surface area (Å²) in [7, 11) is 0. The van der Waals surface area contributed by atoms with Gasteiger partial charge in [-0.15, -0.1) is 0 Å². The van der Waals surface area contributed by atoms with E-state index in [1.807, 2.05) is 30.3 Å². The molecule has 1 aliphatic rings. The zero-order chi connectivity index (χ0) is 17.8. The predicted molar refractivity (Wildman–Crippen MR) is 98.7 cm³/mol. The molecule has 6 heteroatoms. The molecule has 26 heavy (non-hydrogen) atoms. The molecule has 0 radical (unpaired) electrons. The molecule has 0 fully saturated rings. The Labute approximate surface area is 151 Å². The quantitative estimate of drug-likeness (QED) is 0.743. The Bertz CT molecular complexity index is 889. The third kappa shape index (κ3) is 3.64. The van der Waals surface area contributed by atoms with Gasteiger partial charge < -0.3 is 15.4 Å². The fourth-order valence-electron chi connectivity index (χ4n) is 2.91. The monoisotopic (exact) mass is 346 g/mol. The molecule has 0 aliphatic carbocycles. The highest BCUT2D eigenvalue weighted by molar-refractivity contribution is 5.95. The van der Waals surface area contributed by atoms with Crippen LogP contribution in [0.3, 0.4) is 0 Å². The lowest BCUT2D eigenvalue weighted by atomic mass is 10.1. The topological polar surface area (TPSA) is 76.1 Å². The van der Waals surface area contributed by atoms with Crippen LogP contribution >= 0.6 is 0 Å². The Morgan fingerprint density at radius 1 is 1.08 bits per heavy atom. The molecule has 0 saturated carbocycles. The van der Waals surface area contributed by atoms with E-state index in [2.05, 4.69) is 26.7 Å². The number of nitrogens with one attached hydrogen (secondary N) is 2. The molecule has 6 nitrogen and oxygen atoms in total. The van der Waals surface area contributed by atoms with E-state index < -0.39 is 0 Å². The lowest BCUT2D eigenvalue weighted by Gasteiger charge is -2.12. The number of ether oxygens (including phenoxy) is 1. The standard InChI is InChI=1S/C20H18N4O2/c25-19(23-13-17-12-14-5-1-2-8-18(14)26-17)15-6-3-7-16(11-15)24-20-21-9-4-10-22-20/h1-11,17H,12-13H2,(H,23,25)(H,21,22,24)/t17-/m0/s1. The summed E-state index contributed by atoms with van der Waals surface area (Å²) in [6.07, 6.45) is 4.09. The van der Waals surface area contributed by atoms with Gasteiger partial charge in [0.25, 0.3) is 5.91 Å². The molecule has 1 amide bonds. The van der Waals surface area contributed by atoms with Gasteiger partial charge in [-0.2, -0.15) is 0 Å². The molecule has 1 atom stereocenters. The van der Waals surface area contributed by atoms with Crippen LogP contribution in [-0.4, -0.2) is 28.5 Å². The summed E-state index contributed by atoms with van der Waals surface area (Å²) in [4.78, 5) is 20.7. The second kappa shape index (κ2) is 7.23. The first-order chi connectivity index (χ1) is 12.8. The van der Waals surface area contributed by atoms with Crippen molar-refractivity contribution in [3.63, 3.8) is 0 Å². The van der Waals surface area contributed by atoms with Crippen LogP contribution in [0.5, 0.6) is 5.75 Å². The van der Waals surface area contributed by atoms with Gasteiger partial charge >= 0.3 is 0 Å². The first-order valence-electron chi connectivity index (χ1n) is 8.45. The van der Waals surface area contributed by atoms with Crippen molar-refractivity contribution in [3.8, 4) is 5.75 Å². The maximum Gasteiger partial charge on any atom is 0.251 e. The molecule has 1 aromatic heterocycles. The molecule has 2 N–H and O–H groups in total. The zero-order valence-corrected chi connectivity index (χ0v) is 14.1. The minimum Gasteiger partial charge on any atom is -0.488 e. The van der Waals surface area contributed by atoms with Crippen LogP contribution in [0.1, 0.15) is 15.9 Å². The molecule has 0 bridgehead atoms. The number of hydrogen-bond donors (Lipinski definition) is 2. The molecule has 2 heterocycles. The van der Waals surface area contributed by atoms with Gasteiger partial charge in [-0.25, -0.2) is 9.97 Å². The molecule has 2 aromatic carbocycles. The highest BCUT2D eigenvalue weighted by atomic mass is 16.5. The fraction of sp³-hybridized carbons (Fsp3) is 0.150. The number of hydrogen-bond acceptors (Lipinski definition) is 5. The largest absolute Gasteiger partial charge is 0.488 e. The van der Waals surface area contributed by atoms with Crippen LogP contribution in [-0.2, 0) is 6.42 Å². The van der Waals surface area contributed by atoms with Gasteiger partial charge in [0.05, 0.1) is 6.54 Å². The summed E-state index contributed by atoms with van der Waals surface area (Å²) in [5.41, 5.74) is 2.51. The van der Waals surface area contributed by atoms with Crippen molar-refractivity contribution in [1.82, 2.24) is 15.3 Å². The summed E-state index contributed by atoms with van der Waals surface area (Å²) in [5.74, 6) is 1.25. The molecule has 3 aromatic rings. The molecule has 130 valence electrons. The SMILES string of the molecule is O=C(NC[C@@H]1Cc2ccccc2O1)c1cccc(Nc2ncccn2)c1. The van der Waals surface area contributed by atoms with Crippen LogP contribution < -0.4 is 15.4 Å². The Morgan fingerprint density at radius 2 is 1.92 bits per heavy atom. The smallest absolute Gasteiger partial charge is 0.251 e. The third-order valence-corrected chi connectivity index (χ3v) is 4.15. The number of benzene rings is 2. The highest BCUT2D eigenvalue weighted by Gasteiger charge is 2.22. The number of aromatic nitrogens is 2. The number of para-hydroxylation sites is 1. The number of nitrogens with zero attached hydrogens (tertiary/aromatic N) is 2. The molecule has 1 aliphatic heterocycles. The minimum atomic E-state index is -0.137. The molecular formula is C20H18N4O2. The van der Waals surface area contributed by atoms with Crippen molar-refractivity contribution >= 4 is 17.5 Å². The number of fused-ring (bicyclic) bond motifs is 1. The summed E-state index contributed by atoms with van der Waals surface area (Å²) >= 11 is 0. The van der Waals surface area contributed by atoms with E-state index in [9.17, 15) is 4.79 Å². The fourth-order valence-corrected chi connectivity index (χ4v) is 2.91. The molecule has 0 spiro atoms. The van der Waals surface area contributed by atoms with Gasteiger partial charge in [0.2, 0.25) is 5.95 Å². The van der Waals surface area contributed by atoms with Gasteiger partial charge in [-0.05, 0) is 35.9 Å². The van der Waals surface area contributed by atoms with Gasteiger partial charge in [0.1, 0.15) is 11.9 Å². The van der Waals surface area contributed by atoms with Crippen molar-refractivity contribution in [2.24, 2.45) is 0 Å². The second-order valence-electron chi connectivity index (χ2n) is 6.04. The maximum atomic E-state index is 12.5. The van der Waals surface area contributed by atoms with Crippen molar-refractivity contribution in [2.75, 3.05) is 11.9 Å². The van der Waals surface area contributed by atoms with Crippen LogP contribution in [0.25, 0.3) is 0 Å². The van der Waals surface area contributed by atoms with Crippen LogP contribution in [0, 0.1) is 0 Å². The van der Waals surface area contributed by atoms with E-state index in [0.717, 1.165) is 17.9 Å². The Balaban J connectivity index is 1.36. The second-order valence-corrected chi connectivity index (χ2v) is 6.04. The van der Waals surface area contributed by atoms with Crippen molar-refractivity contribution in [2.45, 2.75) is 12.5 Å². The Hall–Kier alpha value is -3.41. The van der Waals surface area contributed by atoms with Crippen molar-refractivity contribution in [3.05, 3.63) is 78.1 Å². The minimum absolute atomic E-state index is 0.0321. The first-order valence-corrected chi connectivity index (χ1v) is 8.45. The van der Waals surface area contributed by atoms with E-state index >= 15 is 0 Å². The lowest BCUT2D eigenvalue weighted by Crippen LogP contribution is -2.34. The number of amides is 1. The predicted octanol–water partition coefficient (Wildman–Crippen LogP) is 2.95. The van der Waals surface area contributed by atoms with Crippen LogP contribution in [0.2, 0.25) is 0 Å². The van der Waals surface area contributed by atoms with E-state index in [1.54, 1.807) is 30.6 Å². The maximum absolute atomic E-state index is 12.5. The lowest BCUT2D eigenvalue weighted by molar-refractivity contribution is 0.0933. The number of rotatable bonds is 5.